The van der Waals surface area contributed by atoms with Crippen LogP contribution in [-0.2, 0) is 12.1 Å². The highest BCUT2D eigenvalue weighted by atomic mass is 35.5. The molecule has 0 amide bonds. The van der Waals surface area contributed by atoms with Gasteiger partial charge in [0.1, 0.15) is 0 Å². The fraction of sp³-hybridized carbons (Fsp3) is 0.286. The molecule has 0 fully saturated rings. The van der Waals surface area contributed by atoms with Gasteiger partial charge >= 0.3 is 6.18 Å². The van der Waals surface area contributed by atoms with Gasteiger partial charge in [-0.2, -0.15) is 13.2 Å². The molecule has 1 aromatic heterocycles. The number of nitrogens with two attached hydrogens (primary N) is 1. The Hall–Kier alpha value is -0.970. The Labute approximate surface area is 77.5 Å². The van der Waals surface area contributed by atoms with Gasteiger partial charge in [0.2, 0.25) is 0 Å². The van der Waals surface area contributed by atoms with Crippen LogP contribution in [0.4, 0.5) is 18.9 Å². The van der Waals surface area contributed by atoms with Gasteiger partial charge in [-0.15, -0.1) is 11.6 Å². The molecule has 0 atom stereocenters. The summed E-state index contributed by atoms with van der Waals surface area (Å²) in [6, 6.07) is 0. The van der Waals surface area contributed by atoms with Crippen molar-refractivity contribution in [3.63, 3.8) is 0 Å². The van der Waals surface area contributed by atoms with Gasteiger partial charge in [-0.25, -0.2) is 0 Å². The van der Waals surface area contributed by atoms with Crippen molar-refractivity contribution < 1.29 is 13.2 Å². The third kappa shape index (κ3) is 2.03. The lowest BCUT2D eigenvalue weighted by Crippen LogP contribution is -2.11. The Morgan fingerprint density at radius 2 is 2.00 bits per heavy atom. The average molecular weight is 211 g/mol. The molecular weight excluding hydrogens is 205 g/mol. The van der Waals surface area contributed by atoms with Gasteiger partial charge in [-0.1, -0.05) is 0 Å². The number of nitrogen functional groups attached to an aromatic ring is 1. The standard InChI is InChI=1S/C7H6ClF3N2/c8-1-4-5(7(9,10)11)2-13-3-6(4)12/h2-3H,1,12H2. The quantitative estimate of drug-likeness (QED) is 0.723. The molecule has 0 bridgehead atoms. The molecule has 0 unspecified atom stereocenters. The lowest BCUT2D eigenvalue weighted by atomic mass is 10.1. The summed E-state index contributed by atoms with van der Waals surface area (Å²) in [6.45, 7) is 0. The Morgan fingerprint density at radius 3 is 2.38 bits per heavy atom. The molecule has 0 radical (unpaired) electrons. The number of alkyl halides is 4. The van der Waals surface area contributed by atoms with E-state index in [0.717, 1.165) is 6.20 Å². The van der Waals surface area contributed by atoms with Crippen LogP contribution in [0.15, 0.2) is 12.4 Å². The topological polar surface area (TPSA) is 38.9 Å². The fourth-order valence-electron chi connectivity index (χ4n) is 0.897. The van der Waals surface area contributed by atoms with E-state index in [1.165, 1.54) is 0 Å². The highest BCUT2D eigenvalue weighted by molar-refractivity contribution is 6.17. The maximum absolute atomic E-state index is 12.3. The summed E-state index contributed by atoms with van der Waals surface area (Å²) in [5, 5.41) is 0. The van der Waals surface area contributed by atoms with E-state index >= 15 is 0 Å². The van der Waals surface area contributed by atoms with Crippen molar-refractivity contribution in [2.24, 2.45) is 0 Å². The van der Waals surface area contributed by atoms with Crippen molar-refractivity contribution in [3.8, 4) is 0 Å². The van der Waals surface area contributed by atoms with E-state index in [-0.39, 0.29) is 17.1 Å². The van der Waals surface area contributed by atoms with Crippen LogP contribution in [0.1, 0.15) is 11.1 Å². The van der Waals surface area contributed by atoms with Gasteiger partial charge in [0.25, 0.3) is 0 Å². The summed E-state index contributed by atoms with van der Waals surface area (Å²) in [6.07, 6.45) is -2.59. The number of pyridine rings is 1. The van der Waals surface area contributed by atoms with Crippen molar-refractivity contribution in [1.82, 2.24) is 4.98 Å². The largest absolute Gasteiger partial charge is 0.418 e. The number of nitrogens with zero attached hydrogens (tertiary/aromatic N) is 1. The number of aromatic nitrogens is 1. The summed E-state index contributed by atoms with van der Waals surface area (Å²) in [5.74, 6) is -0.275. The van der Waals surface area contributed by atoms with E-state index in [4.69, 9.17) is 17.3 Å². The normalized spacial score (nSPS) is 11.7. The van der Waals surface area contributed by atoms with Crippen molar-refractivity contribution in [3.05, 3.63) is 23.5 Å². The van der Waals surface area contributed by atoms with Crippen LogP contribution >= 0.6 is 11.6 Å². The van der Waals surface area contributed by atoms with Crippen molar-refractivity contribution in [2.75, 3.05) is 5.73 Å². The molecule has 13 heavy (non-hydrogen) atoms. The first-order valence-electron chi connectivity index (χ1n) is 3.32. The zero-order chi connectivity index (χ0) is 10.1. The van der Waals surface area contributed by atoms with Crippen LogP contribution in [0.3, 0.4) is 0 Å². The lowest BCUT2D eigenvalue weighted by Gasteiger charge is -2.11. The molecule has 6 heteroatoms. The first-order valence-corrected chi connectivity index (χ1v) is 3.85. The maximum Gasteiger partial charge on any atom is 0.418 e. The number of anilines is 1. The molecule has 0 spiro atoms. The smallest absolute Gasteiger partial charge is 0.397 e. The van der Waals surface area contributed by atoms with Gasteiger partial charge in [0.05, 0.1) is 23.3 Å². The molecular formula is C7H6ClF3N2. The predicted octanol–water partition coefficient (Wildman–Crippen LogP) is 2.42. The monoisotopic (exact) mass is 210 g/mol. The van der Waals surface area contributed by atoms with Crippen molar-refractivity contribution in [2.45, 2.75) is 12.1 Å². The van der Waals surface area contributed by atoms with E-state index in [1.807, 2.05) is 0 Å². The Morgan fingerprint density at radius 1 is 1.38 bits per heavy atom. The molecule has 1 heterocycles. The first kappa shape index (κ1) is 10.1. The van der Waals surface area contributed by atoms with E-state index < -0.39 is 11.7 Å². The van der Waals surface area contributed by atoms with Crippen LogP contribution in [0, 0.1) is 0 Å². The first-order chi connectivity index (χ1) is 5.96. The van der Waals surface area contributed by atoms with Gasteiger partial charge in [0.15, 0.2) is 0 Å². The zero-order valence-corrected chi connectivity index (χ0v) is 7.15. The third-order valence-electron chi connectivity index (χ3n) is 1.53. The zero-order valence-electron chi connectivity index (χ0n) is 6.40. The second kappa shape index (κ2) is 3.41. The molecule has 0 aliphatic heterocycles. The highest BCUT2D eigenvalue weighted by Crippen LogP contribution is 2.34. The van der Waals surface area contributed by atoms with E-state index in [1.54, 1.807) is 0 Å². The molecule has 2 N–H and O–H groups in total. The third-order valence-corrected chi connectivity index (χ3v) is 1.80. The predicted molar refractivity (Wildman–Crippen MR) is 43.2 cm³/mol. The maximum atomic E-state index is 12.3. The van der Waals surface area contributed by atoms with Crippen molar-refractivity contribution in [1.29, 1.82) is 0 Å². The minimum atomic E-state index is -4.45. The molecule has 0 saturated carbocycles. The van der Waals surface area contributed by atoms with Gasteiger partial charge in [0, 0.05) is 11.8 Å². The summed E-state index contributed by atoms with van der Waals surface area (Å²) in [7, 11) is 0. The Balaban J connectivity index is 3.29. The summed E-state index contributed by atoms with van der Waals surface area (Å²) in [5.41, 5.74) is 4.25. The highest BCUT2D eigenvalue weighted by Gasteiger charge is 2.34. The second-order valence-corrected chi connectivity index (χ2v) is 2.65. The molecule has 0 aromatic carbocycles. The van der Waals surface area contributed by atoms with Crippen LogP contribution in [0.5, 0.6) is 0 Å². The van der Waals surface area contributed by atoms with Crippen LogP contribution in [-0.4, -0.2) is 4.98 Å². The van der Waals surface area contributed by atoms with Crippen molar-refractivity contribution >= 4 is 17.3 Å². The van der Waals surface area contributed by atoms with Crippen LogP contribution < -0.4 is 5.73 Å². The molecule has 0 saturated heterocycles. The molecule has 1 aromatic rings. The minimum absolute atomic E-state index is 0.0372. The van der Waals surface area contributed by atoms with Crippen LogP contribution in [0.25, 0.3) is 0 Å². The van der Waals surface area contributed by atoms with Gasteiger partial charge in [-0.05, 0) is 0 Å². The number of hydrogen-bond acceptors (Lipinski definition) is 2. The number of halogens is 4. The lowest BCUT2D eigenvalue weighted by molar-refractivity contribution is -0.138. The van der Waals surface area contributed by atoms with Crippen LogP contribution in [0.2, 0.25) is 0 Å². The van der Waals surface area contributed by atoms with E-state index in [0.29, 0.717) is 6.20 Å². The minimum Gasteiger partial charge on any atom is -0.397 e. The SMILES string of the molecule is Nc1cncc(C(F)(F)F)c1CCl. The Kier molecular flexibility index (Phi) is 2.66. The number of rotatable bonds is 1. The number of hydrogen-bond donors (Lipinski definition) is 1. The van der Waals surface area contributed by atoms with E-state index in [9.17, 15) is 13.2 Å². The summed E-state index contributed by atoms with van der Waals surface area (Å²) < 4.78 is 36.8. The summed E-state index contributed by atoms with van der Waals surface area (Å²) in [4.78, 5) is 3.36. The molecule has 2 nitrogen and oxygen atoms in total. The van der Waals surface area contributed by atoms with Gasteiger partial charge < -0.3 is 5.73 Å². The van der Waals surface area contributed by atoms with Gasteiger partial charge in [-0.3, -0.25) is 4.98 Å². The Bertz CT molecular complexity index is 311. The fourth-order valence-corrected chi connectivity index (χ4v) is 1.20. The average Bonchev–Trinajstić information content (AvgIpc) is 2.02. The summed E-state index contributed by atoms with van der Waals surface area (Å²) >= 11 is 5.34. The second-order valence-electron chi connectivity index (χ2n) is 2.39. The molecule has 0 aliphatic rings. The molecule has 0 aliphatic carbocycles. The molecule has 1 rings (SSSR count). The van der Waals surface area contributed by atoms with E-state index in [2.05, 4.69) is 4.98 Å². The molecule has 72 valence electrons.